The van der Waals surface area contributed by atoms with Crippen LogP contribution in [0.3, 0.4) is 0 Å². The molecule has 0 aromatic heterocycles. The summed E-state index contributed by atoms with van der Waals surface area (Å²) in [7, 11) is 0. The molecule has 3 aliphatic rings. The topological polar surface area (TPSA) is 84.9 Å². The SMILES string of the molecule is CCOc1cc(C2C3=C(CCCC3=O)N(CC)C3=C2C(=O)CCC3)ccc1OCC(=O)Nc1ccccc1C. The lowest BCUT2D eigenvalue weighted by atomic mass is 9.71. The molecular weight excluding hydrogens is 492 g/mol. The Labute approximate surface area is 229 Å². The molecule has 204 valence electrons. The van der Waals surface area contributed by atoms with Crippen LogP contribution in [0, 0.1) is 6.92 Å². The van der Waals surface area contributed by atoms with Crippen molar-refractivity contribution >= 4 is 23.2 Å². The molecule has 2 aliphatic carbocycles. The number of aryl methyl sites for hydroxylation is 1. The molecule has 0 saturated carbocycles. The van der Waals surface area contributed by atoms with E-state index in [4.69, 9.17) is 9.47 Å². The summed E-state index contributed by atoms with van der Waals surface area (Å²) in [5, 5.41) is 2.88. The second-order valence-corrected chi connectivity index (χ2v) is 10.2. The van der Waals surface area contributed by atoms with Crippen LogP contribution in [-0.4, -0.2) is 42.1 Å². The van der Waals surface area contributed by atoms with Crippen LogP contribution in [0.2, 0.25) is 0 Å². The first kappa shape index (κ1) is 26.7. The van der Waals surface area contributed by atoms with Gasteiger partial charge in [0.05, 0.1) is 6.61 Å². The van der Waals surface area contributed by atoms with Crippen LogP contribution in [-0.2, 0) is 14.4 Å². The van der Waals surface area contributed by atoms with Gasteiger partial charge in [-0.3, -0.25) is 14.4 Å². The number of ketones is 2. The van der Waals surface area contributed by atoms with Crippen molar-refractivity contribution < 1.29 is 23.9 Å². The Morgan fingerprint density at radius 3 is 2.18 bits per heavy atom. The molecular formula is C32H36N2O5. The van der Waals surface area contributed by atoms with E-state index >= 15 is 0 Å². The molecule has 5 rings (SSSR count). The predicted octanol–water partition coefficient (Wildman–Crippen LogP) is 5.84. The molecule has 1 amide bonds. The Morgan fingerprint density at radius 2 is 1.56 bits per heavy atom. The molecule has 2 aromatic rings. The molecule has 39 heavy (non-hydrogen) atoms. The van der Waals surface area contributed by atoms with Gasteiger partial charge in [0, 0.05) is 53.5 Å². The van der Waals surface area contributed by atoms with Gasteiger partial charge in [-0.05, 0) is 75.8 Å². The average Bonchev–Trinajstić information content (AvgIpc) is 2.93. The number of anilines is 1. The number of para-hydroxylation sites is 1. The van der Waals surface area contributed by atoms with Gasteiger partial charge < -0.3 is 19.7 Å². The molecule has 2 aromatic carbocycles. The zero-order chi connectivity index (χ0) is 27.5. The zero-order valence-corrected chi connectivity index (χ0v) is 23.0. The molecule has 0 radical (unpaired) electrons. The maximum Gasteiger partial charge on any atom is 0.262 e. The third kappa shape index (κ3) is 5.22. The van der Waals surface area contributed by atoms with E-state index in [0.717, 1.165) is 71.6 Å². The number of benzene rings is 2. The molecule has 7 heteroatoms. The number of rotatable bonds is 8. The smallest absolute Gasteiger partial charge is 0.262 e. The Kier molecular flexibility index (Phi) is 7.87. The Hall–Kier alpha value is -3.87. The zero-order valence-electron chi connectivity index (χ0n) is 23.0. The van der Waals surface area contributed by atoms with Gasteiger partial charge >= 0.3 is 0 Å². The summed E-state index contributed by atoms with van der Waals surface area (Å²) in [6.07, 6.45) is 4.34. The van der Waals surface area contributed by atoms with Crippen LogP contribution in [0.25, 0.3) is 0 Å². The van der Waals surface area contributed by atoms with Gasteiger partial charge in [0.15, 0.2) is 29.7 Å². The van der Waals surface area contributed by atoms with Gasteiger partial charge in [0.2, 0.25) is 0 Å². The number of ether oxygens (including phenoxy) is 2. The minimum atomic E-state index is -0.406. The third-order valence-electron chi connectivity index (χ3n) is 7.78. The molecule has 1 aliphatic heterocycles. The van der Waals surface area contributed by atoms with Crippen LogP contribution in [0.15, 0.2) is 65.0 Å². The number of hydrogen-bond donors (Lipinski definition) is 1. The highest BCUT2D eigenvalue weighted by molar-refractivity contribution is 6.06. The summed E-state index contributed by atoms with van der Waals surface area (Å²) in [5.41, 5.74) is 6.20. The minimum Gasteiger partial charge on any atom is -0.490 e. The van der Waals surface area contributed by atoms with Crippen molar-refractivity contribution in [2.75, 3.05) is 25.1 Å². The van der Waals surface area contributed by atoms with E-state index in [2.05, 4.69) is 17.1 Å². The number of hydrogen-bond acceptors (Lipinski definition) is 6. The summed E-state index contributed by atoms with van der Waals surface area (Å²) in [6, 6.07) is 13.1. The maximum atomic E-state index is 13.4. The maximum absolute atomic E-state index is 13.4. The van der Waals surface area contributed by atoms with Crippen molar-refractivity contribution in [2.24, 2.45) is 0 Å². The number of nitrogens with zero attached hydrogens (tertiary/aromatic N) is 1. The second kappa shape index (κ2) is 11.5. The van der Waals surface area contributed by atoms with E-state index in [1.807, 2.05) is 50.2 Å². The first-order valence-corrected chi connectivity index (χ1v) is 14.0. The van der Waals surface area contributed by atoms with Gasteiger partial charge in [-0.15, -0.1) is 0 Å². The largest absolute Gasteiger partial charge is 0.490 e. The fourth-order valence-corrected chi connectivity index (χ4v) is 6.07. The lowest BCUT2D eigenvalue weighted by molar-refractivity contribution is -0.118. The predicted molar refractivity (Wildman–Crippen MR) is 150 cm³/mol. The summed E-state index contributed by atoms with van der Waals surface area (Å²) in [5.74, 6) is 0.503. The summed E-state index contributed by atoms with van der Waals surface area (Å²) in [4.78, 5) is 41.6. The van der Waals surface area contributed by atoms with Crippen LogP contribution in [0.5, 0.6) is 11.5 Å². The molecule has 0 bridgehead atoms. The number of amides is 1. The van der Waals surface area contributed by atoms with Crippen LogP contribution in [0.4, 0.5) is 5.69 Å². The van der Waals surface area contributed by atoms with Gasteiger partial charge in [0.1, 0.15) is 0 Å². The van der Waals surface area contributed by atoms with Crippen molar-refractivity contribution in [3.8, 4) is 11.5 Å². The van der Waals surface area contributed by atoms with E-state index in [0.29, 0.717) is 30.9 Å². The standard InChI is InChI=1S/C32H36N2O5/c1-4-34-23-12-8-14-25(35)31(23)30(32-24(34)13-9-15-26(32)36)21-16-17-27(28(18-21)38-5-2)39-19-29(37)33-22-11-7-6-10-20(22)3/h6-7,10-11,16-18,30H,4-5,8-9,12-15,19H2,1-3H3,(H,33,37). The Balaban J connectivity index is 1.47. The van der Waals surface area contributed by atoms with Crippen molar-refractivity contribution in [3.63, 3.8) is 0 Å². The van der Waals surface area contributed by atoms with Crippen molar-refractivity contribution in [2.45, 2.75) is 65.2 Å². The molecule has 0 unspecified atom stereocenters. The number of carbonyl (C=O) groups is 3. The monoisotopic (exact) mass is 528 g/mol. The Morgan fingerprint density at radius 1 is 0.897 bits per heavy atom. The van der Waals surface area contributed by atoms with Gasteiger partial charge in [-0.25, -0.2) is 0 Å². The van der Waals surface area contributed by atoms with Gasteiger partial charge in [-0.2, -0.15) is 0 Å². The molecule has 0 fully saturated rings. The third-order valence-corrected chi connectivity index (χ3v) is 7.78. The number of Topliss-reactive ketones (excluding diaryl/α,β-unsaturated/α-hetero) is 2. The average molecular weight is 529 g/mol. The van der Waals surface area contributed by atoms with Crippen molar-refractivity contribution in [1.29, 1.82) is 0 Å². The molecule has 7 nitrogen and oxygen atoms in total. The first-order valence-electron chi connectivity index (χ1n) is 14.0. The Bertz CT molecular complexity index is 1330. The summed E-state index contributed by atoms with van der Waals surface area (Å²) >= 11 is 0. The lowest BCUT2D eigenvalue weighted by Gasteiger charge is -2.43. The van der Waals surface area contributed by atoms with E-state index < -0.39 is 5.92 Å². The molecule has 1 N–H and O–H groups in total. The minimum absolute atomic E-state index is 0.121. The van der Waals surface area contributed by atoms with E-state index in [9.17, 15) is 14.4 Å². The van der Waals surface area contributed by atoms with Gasteiger partial charge in [-0.1, -0.05) is 24.3 Å². The number of carbonyl (C=O) groups excluding carboxylic acids is 3. The summed E-state index contributed by atoms with van der Waals surface area (Å²) < 4.78 is 11.8. The fourth-order valence-electron chi connectivity index (χ4n) is 6.07. The van der Waals surface area contributed by atoms with Crippen molar-refractivity contribution in [3.05, 3.63) is 76.1 Å². The second-order valence-electron chi connectivity index (χ2n) is 10.2. The lowest BCUT2D eigenvalue weighted by Crippen LogP contribution is -2.39. The van der Waals surface area contributed by atoms with Crippen LogP contribution in [0.1, 0.15) is 69.4 Å². The van der Waals surface area contributed by atoms with Crippen LogP contribution < -0.4 is 14.8 Å². The number of allylic oxidation sites excluding steroid dienone is 4. The molecule has 0 spiro atoms. The van der Waals surface area contributed by atoms with E-state index in [1.54, 1.807) is 6.07 Å². The highest BCUT2D eigenvalue weighted by Gasteiger charge is 2.43. The van der Waals surface area contributed by atoms with Gasteiger partial charge in [0.25, 0.3) is 5.91 Å². The highest BCUT2D eigenvalue weighted by Crippen LogP contribution is 2.50. The summed E-state index contributed by atoms with van der Waals surface area (Å²) in [6.45, 7) is 6.88. The number of nitrogens with one attached hydrogen (secondary N) is 1. The fraction of sp³-hybridized carbons (Fsp3) is 0.406. The highest BCUT2D eigenvalue weighted by atomic mass is 16.5. The van der Waals surface area contributed by atoms with Crippen LogP contribution >= 0.6 is 0 Å². The molecule has 0 atom stereocenters. The van der Waals surface area contributed by atoms with Crippen molar-refractivity contribution in [1.82, 2.24) is 4.90 Å². The molecule has 0 saturated heterocycles. The molecule has 1 heterocycles. The first-order chi connectivity index (χ1) is 18.9. The normalized spacial score (nSPS) is 17.7. The quantitative estimate of drug-likeness (QED) is 0.463. The van der Waals surface area contributed by atoms with E-state index in [1.165, 1.54) is 0 Å². The van der Waals surface area contributed by atoms with E-state index in [-0.39, 0.29) is 24.1 Å².